The summed E-state index contributed by atoms with van der Waals surface area (Å²) < 4.78 is 17.5. The van der Waals surface area contributed by atoms with E-state index in [-0.39, 0.29) is 17.6 Å². The first-order chi connectivity index (χ1) is 16.0. The number of hydrogen-bond acceptors (Lipinski definition) is 8. The van der Waals surface area contributed by atoms with Gasteiger partial charge in [-0.05, 0) is 48.5 Å². The highest BCUT2D eigenvalue weighted by molar-refractivity contribution is 6.04. The average molecular weight is 449 g/mol. The summed E-state index contributed by atoms with van der Waals surface area (Å²) in [5.74, 6) is 0.582. The van der Waals surface area contributed by atoms with Crippen molar-refractivity contribution in [2.45, 2.75) is 0 Å². The third-order valence-corrected chi connectivity index (χ3v) is 4.56. The summed E-state index contributed by atoms with van der Waals surface area (Å²) in [6, 6.07) is 16.0. The van der Waals surface area contributed by atoms with Gasteiger partial charge in [-0.3, -0.25) is 14.9 Å². The predicted molar refractivity (Wildman–Crippen MR) is 117 cm³/mol. The molecule has 0 atom stereocenters. The maximum absolute atomic E-state index is 12.4. The molecule has 4 rings (SSSR count). The van der Waals surface area contributed by atoms with E-state index in [1.165, 1.54) is 30.5 Å². The molecule has 0 bridgehead atoms. The maximum atomic E-state index is 12.4. The highest BCUT2D eigenvalue weighted by Gasteiger charge is 2.17. The highest BCUT2D eigenvalue weighted by Crippen LogP contribution is 2.25. The lowest BCUT2D eigenvalue weighted by atomic mass is 10.2. The number of carbonyl (C=O) groups is 1. The minimum atomic E-state index is -0.518. The number of anilines is 1. The van der Waals surface area contributed by atoms with Gasteiger partial charge < -0.3 is 19.2 Å². The van der Waals surface area contributed by atoms with E-state index >= 15 is 0 Å². The smallest absolute Gasteiger partial charge is 0.336 e. The highest BCUT2D eigenvalue weighted by atomic mass is 16.6. The van der Waals surface area contributed by atoms with Crippen molar-refractivity contribution in [3.05, 3.63) is 82.6 Å². The van der Waals surface area contributed by atoms with Crippen LogP contribution < -0.4 is 10.1 Å². The maximum Gasteiger partial charge on any atom is 0.336 e. The molecule has 33 heavy (non-hydrogen) atoms. The van der Waals surface area contributed by atoms with Gasteiger partial charge in [0, 0.05) is 30.5 Å². The molecular weight excluding hydrogens is 430 g/mol. The van der Waals surface area contributed by atoms with Crippen molar-refractivity contribution >= 4 is 17.3 Å². The Morgan fingerprint density at radius 2 is 1.88 bits per heavy atom. The molecule has 0 saturated carbocycles. The number of non-ortho nitro benzene ring substituents is 1. The first kappa shape index (κ1) is 21.7. The number of hydrogen-bond donors (Lipinski definition) is 1. The standard InChI is InChI=1S/C22H19N5O6/c1-31-13-14-33-22-24-20(19-3-2-12-32-19)26(25-22)17-10-6-16(7-11-17)23-21(28)15-4-8-18(9-5-15)27(29)30/h2-12H,13-14H2,1H3,(H,23,28). The van der Waals surface area contributed by atoms with Gasteiger partial charge >= 0.3 is 6.01 Å². The first-order valence-corrected chi connectivity index (χ1v) is 9.84. The molecule has 2 aromatic heterocycles. The van der Waals surface area contributed by atoms with Crippen molar-refractivity contribution in [2.24, 2.45) is 0 Å². The third-order valence-electron chi connectivity index (χ3n) is 4.56. The zero-order valence-corrected chi connectivity index (χ0v) is 17.5. The summed E-state index contributed by atoms with van der Waals surface area (Å²) in [6.45, 7) is 0.694. The molecule has 0 saturated heterocycles. The monoisotopic (exact) mass is 449 g/mol. The van der Waals surface area contributed by atoms with Crippen molar-refractivity contribution in [1.82, 2.24) is 14.8 Å². The summed E-state index contributed by atoms with van der Waals surface area (Å²) in [7, 11) is 1.58. The molecule has 168 valence electrons. The van der Waals surface area contributed by atoms with Crippen molar-refractivity contribution in [1.29, 1.82) is 0 Å². The van der Waals surface area contributed by atoms with Gasteiger partial charge in [-0.2, -0.15) is 4.98 Å². The van der Waals surface area contributed by atoms with Gasteiger partial charge in [0.15, 0.2) is 5.76 Å². The molecule has 0 radical (unpaired) electrons. The number of carbonyl (C=O) groups excluding carboxylic acids is 1. The normalized spacial score (nSPS) is 10.7. The van der Waals surface area contributed by atoms with Crippen LogP contribution in [0.1, 0.15) is 10.4 Å². The number of rotatable bonds is 9. The number of benzene rings is 2. The second-order valence-electron chi connectivity index (χ2n) is 6.75. The SMILES string of the molecule is COCCOc1nc(-c2ccco2)n(-c2ccc(NC(=O)c3ccc([N+](=O)[O-])cc3)cc2)n1. The molecule has 1 amide bonds. The minimum absolute atomic E-state index is 0.0818. The number of aromatic nitrogens is 3. The quantitative estimate of drug-likeness (QED) is 0.232. The number of nitrogens with one attached hydrogen (secondary N) is 1. The molecule has 11 heteroatoms. The molecule has 0 spiro atoms. The molecule has 11 nitrogen and oxygen atoms in total. The Balaban J connectivity index is 1.52. The second kappa shape index (κ2) is 9.75. The van der Waals surface area contributed by atoms with E-state index in [2.05, 4.69) is 15.4 Å². The van der Waals surface area contributed by atoms with E-state index in [0.717, 1.165) is 0 Å². The molecule has 2 aromatic carbocycles. The molecular formula is C22H19N5O6. The Labute approximate surface area is 187 Å². The van der Waals surface area contributed by atoms with Crippen LogP contribution in [0.3, 0.4) is 0 Å². The number of amides is 1. The van der Waals surface area contributed by atoms with E-state index < -0.39 is 4.92 Å². The number of nitro groups is 1. The van der Waals surface area contributed by atoms with Crippen LogP contribution >= 0.6 is 0 Å². The third kappa shape index (κ3) is 5.05. The van der Waals surface area contributed by atoms with Crippen LogP contribution in [0.2, 0.25) is 0 Å². The average Bonchev–Trinajstić information content (AvgIpc) is 3.50. The topological polar surface area (TPSA) is 135 Å². The van der Waals surface area contributed by atoms with Gasteiger partial charge in [-0.15, -0.1) is 5.10 Å². The fraction of sp³-hybridized carbons (Fsp3) is 0.136. The molecule has 0 fully saturated rings. The summed E-state index contributed by atoms with van der Waals surface area (Å²) >= 11 is 0. The molecule has 1 N–H and O–H groups in total. The largest absolute Gasteiger partial charge is 0.461 e. The molecule has 0 aliphatic heterocycles. The van der Waals surface area contributed by atoms with Crippen LogP contribution in [0.4, 0.5) is 11.4 Å². The number of furan rings is 1. The predicted octanol–water partition coefficient (Wildman–Crippen LogP) is 3.71. The van der Waals surface area contributed by atoms with Crippen molar-refractivity contribution in [3.63, 3.8) is 0 Å². The van der Waals surface area contributed by atoms with Crippen LogP contribution in [0.25, 0.3) is 17.3 Å². The van der Waals surface area contributed by atoms with Gasteiger partial charge in [0.1, 0.15) is 6.61 Å². The van der Waals surface area contributed by atoms with Crippen LogP contribution in [-0.4, -0.2) is 45.9 Å². The Morgan fingerprint density at radius 1 is 1.12 bits per heavy atom. The zero-order chi connectivity index (χ0) is 23.2. The summed E-state index contributed by atoms with van der Waals surface area (Å²) in [5.41, 5.74) is 1.43. The van der Waals surface area contributed by atoms with E-state index in [1.54, 1.807) is 48.2 Å². The van der Waals surface area contributed by atoms with Crippen LogP contribution in [0.5, 0.6) is 6.01 Å². The summed E-state index contributed by atoms with van der Waals surface area (Å²) in [4.78, 5) is 27.1. The molecule has 0 aliphatic carbocycles. The second-order valence-corrected chi connectivity index (χ2v) is 6.75. The lowest BCUT2D eigenvalue weighted by molar-refractivity contribution is -0.384. The Bertz CT molecular complexity index is 1230. The van der Waals surface area contributed by atoms with Crippen LogP contribution in [-0.2, 0) is 4.74 Å². The number of ether oxygens (including phenoxy) is 2. The summed E-state index contributed by atoms with van der Waals surface area (Å²) in [5, 5.41) is 17.9. The fourth-order valence-corrected chi connectivity index (χ4v) is 2.94. The van der Waals surface area contributed by atoms with Crippen LogP contribution in [0, 0.1) is 10.1 Å². The van der Waals surface area contributed by atoms with Crippen molar-refractivity contribution < 1.29 is 23.6 Å². The van der Waals surface area contributed by atoms with Gasteiger partial charge in [0.25, 0.3) is 11.6 Å². The molecule has 0 unspecified atom stereocenters. The zero-order valence-electron chi connectivity index (χ0n) is 17.5. The van der Waals surface area contributed by atoms with Gasteiger partial charge in [0.2, 0.25) is 5.82 Å². The first-order valence-electron chi connectivity index (χ1n) is 9.84. The molecule has 2 heterocycles. The van der Waals surface area contributed by atoms with Crippen molar-refractivity contribution in [3.8, 4) is 23.3 Å². The van der Waals surface area contributed by atoms with E-state index in [4.69, 9.17) is 13.9 Å². The lowest BCUT2D eigenvalue weighted by Gasteiger charge is -2.08. The van der Waals surface area contributed by atoms with Gasteiger partial charge in [0.05, 0.1) is 23.5 Å². The van der Waals surface area contributed by atoms with Crippen LogP contribution in [0.15, 0.2) is 71.3 Å². The van der Waals surface area contributed by atoms with E-state index in [0.29, 0.717) is 41.7 Å². The number of nitro benzene ring substituents is 1. The number of nitrogens with zero attached hydrogens (tertiary/aromatic N) is 4. The summed E-state index contributed by atoms with van der Waals surface area (Å²) in [6.07, 6.45) is 1.54. The van der Waals surface area contributed by atoms with Gasteiger partial charge in [-0.25, -0.2) is 4.68 Å². The Hall–Kier alpha value is -4.51. The van der Waals surface area contributed by atoms with E-state index in [1.807, 2.05) is 0 Å². The van der Waals surface area contributed by atoms with E-state index in [9.17, 15) is 14.9 Å². The Morgan fingerprint density at radius 3 is 2.52 bits per heavy atom. The van der Waals surface area contributed by atoms with Crippen molar-refractivity contribution in [2.75, 3.05) is 25.6 Å². The van der Waals surface area contributed by atoms with Gasteiger partial charge in [-0.1, -0.05) is 0 Å². The molecule has 0 aliphatic rings. The lowest BCUT2D eigenvalue weighted by Crippen LogP contribution is -2.12. The fourth-order valence-electron chi connectivity index (χ4n) is 2.94. The number of methoxy groups -OCH3 is 1. The molecule has 4 aromatic rings. The Kier molecular flexibility index (Phi) is 6.41. The minimum Gasteiger partial charge on any atom is -0.461 e.